The first kappa shape index (κ1) is 22.0. The molecule has 1 aliphatic heterocycles. The maximum atomic E-state index is 13.5. The molecule has 0 atom stereocenters. The molecule has 0 radical (unpaired) electrons. The van der Waals surface area contributed by atoms with E-state index in [0.29, 0.717) is 41.0 Å². The predicted octanol–water partition coefficient (Wildman–Crippen LogP) is 5.42. The minimum absolute atomic E-state index is 0.0295. The Bertz CT molecular complexity index is 1440. The van der Waals surface area contributed by atoms with E-state index in [1.54, 1.807) is 30.3 Å². The fourth-order valence-electron chi connectivity index (χ4n) is 3.27. The molecule has 0 spiro atoms. The molecule has 0 unspecified atom stereocenters. The minimum atomic E-state index is -0.474. The SMILES string of the molecule is O=C(c1ccc2c(c1)OCCO2)N(/N=C/c1ccc([N+](=O)[O-])cc1)c1nc2ccc(Br)cc2s1. The molecule has 0 saturated carbocycles. The average Bonchev–Trinajstić information content (AvgIpc) is 3.26. The highest BCUT2D eigenvalue weighted by Gasteiger charge is 2.23. The van der Waals surface area contributed by atoms with Crippen molar-refractivity contribution in [3.05, 3.63) is 86.4 Å². The Hall–Kier alpha value is -3.83. The second-order valence-electron chi connectivity index (χ2n) is 7.18. The number of carbonyl (C=O) groups excluding carboxylic acids is 1. The lowest BCUT2D eigenvalue weighted by Crippen LogP contribution is -2.26. The van der Waals surface area contributed by atoms with Crippen LogP contribution >= 0.6 is 27.3 Å². The van der Waals surface area contributed by atoms with E-state index in [1.165, 1.54) is 34.7 Å². The van der Waals surface area contributed by atoms with Gasteiger partial charge < -0.3 is 9.47 Å². The van der Waals surface area contributed by atoms with Crippen LogP contribution < -0.4 is 14.5 Å². The molecule has 11 heteroatoms. The first-order valence-corrected chi connectivity index (χ1v) is 11.7. The molecule has 9 nitrogen and oxygen atoms in total. The van der Waals surface area contributed by atoms with Crippen LogP contribution in [0, 0.1) is 10.1 Å². The highest BCUT2D eigenvalue weighted by atomic mass is 79.9. The Morgan fingerprint density at radius 2 is 1.85 bits per heavy atom. The number of aromatic nitrogens is 1. The number of non-ortho nitro benzene ring substituents is 1. The fraction of sp³-hybridized carbons (Fsp3) is 0.0870. The third-order valence-electron chi connectivity index (χ3n) is 4.93. The first-order chi connectivity index (χ1) is 16.5. The number of anilines is 1. The van der Waals surface area contributed by atoms with E-state index in [2.05, 4.69) is 26.0 Å². The molecule has 0 bridgehead atoms. The van der Waals surface area contributed by atoms with Crippen molar-refractivity contribution < 1.29 is 19.2 Å². The van der Waals surface area contributed by atoms with Crippen molar-refractivity contribution in [2.45, 2.75) is 0 Å². The van der Waals surface area contributed by atoms with Gasteiger partial charge in [-0.2, -0.15) is 10.1 Å². The highest BCUT2D eigenvalue weighted by Crippen LogP contribution is 2.34. The molecule has 4 aromatic rings. The van der Waals surface area contributed by atoms with Crippen molar-refractivity contribution in [2.75, 3.05) is 18.2 Å². The van der Waals surface area contributed by atoms with E-state index < -0.39 is 10.8 Å². The Labute approximate surface area is 205 Å². The molecule has 1 aliphatic rings. The van der Waals surface area contributed by atoms with E-state index >= 15 is 0 Å². The number of nitrogens with zero attached hydrogens (tertiary/aromatic N) is 4. The van der Waals surface area contributed by atoms with Crippen molar-refractivity contribution in [1.29, 1.82) is 0 Å². The summed E-state index contributed by atoms with van der Waals surface area (Å²) < 4.78 is 12.9. The summed E-state index contributed by atoms with van der Waals surface area (Å²) in [5.74, 6) is 0.659. The van der Waals surface area contributed by atoms with Gasteiger partial charge in [-0.1, -0.05) is 27.3 Å². The Morgan fingerprint density at radius 3 is 2.62 bits per heavy atom. The van der Waals surface area contributed by atoms with E-state index in [0.717, 1.165) is 14.7 Å². The number of halogens is 1. The minimum Gasteiger partial charge on any atom is -0.486 e. The number of hydrogen-bond donors (Lipinski definition) is 0. The Morgan fingerprint density at radius 1 is 1.09 bits per heavy atom. The summed E-state index contributed by atoms with van der Waals surface area (Å²) in [6, 6.07) is 16.5. The molecule has 0 fully saturated rings. The van der Waals surface area contributed by atoms with Gasteiger partial charge in [0.05, 0.1) is 21.4 Å². The number of nitro groups is 1. The van der Waals surface area contributed by atoms with Gasteiger partial charge in [0.15, 0.2) is 11.5 Å². The quantitative estimate of drug-likeness (QED) is 0.191. The van der Waals surface area contributed by atoms with Gasteiger partial charge in [-0.05, 0) is 54.1 Å². The van der Waals surface area contributed by atoms with E-state index in [1.807, 2.05) is 18.2 Å². The van der Waals surface area contributed by atoms with Crippen LogP contribution in [0.3, 0.4) is 0 Å². The zero-order valence-corrected chi connectivity index (χ0v) is 19.8. The Balaban J connectivity index is 1.53. The monoisotopic (exact) mass is 538 g/mol. The molecule has 0 N–H and O–H groups in total. The third kappa shape index (κ3) is 4.47. The number of amides is 1. The fourth-order valence-corrected chi connectivity index (χ4v) is 4.74. The molecule has 34 heavy (non-hydrogen) atoms. The van der Waals surface area contributed by atoms with Crippen molar-refractivity contribution in [3.63, 3.8) is 0 Å². The summed E-state index contributed by atoms with van der Waals surface area (Å²) in [4.78, 5) is 28.5. The van der Waals surface area contributed by atoms with Gasteiger partial charge >= 0.3 is 0 Å². The van der Waals surface area contributed by atoms with Crippen LogP contribution in [0.25, 0.3) is 10.2 Å². The summed E-state index contributed by atoms with van der Waals surface area (Å²) in [6.45, 7) is 0.854. The zero-order valence-electron chi connectivity index (χ0n) is 17.4. The number of hydrazone groups is 1. The Kier molecular flexibility index (Phi) is 5.95. The highest BCUT2D eigenvalue weighted by molar-refractivity contribution is 9.10. The van der Waals surface area contributed by atoms with Crippen LogP contribution in [-0.4, -0.2) is 35.2 Å². The number of fused-ring (bicyclic) bond motifs is 2. The van der Waals surface area contributed by atoms with Crippen LogP contribution in [0.15, 0.2) is 70.2 Å². The largest absolute Gasteiger partial charge is 0.486 e. The van der Waals surface area contributed by atoms with Crippen LogP contribution in [0.5, 0.6) is 11.5 Å². The lowest BCUT2D eigenvalue weighted by atomic mass is 10.2. The molecule has 1 amide bonds. The molecule has 2 heterocycles. The average molecular weight is 539 g/mol. The number of ether oxygens (including phenoxy) is 2. The number of hydrogen-bond acceptors (Lipinski definition) is 8. The van der Waals surface area contributed by atoms with E-state index in [4.69, 9.17) is 9.47 Å². The maximum absolute atomic E-state index is 13.5. The summed E-state index contributed by atoms with van der Waals surface area (Å²) in [5, 5.41) is 16.9. The van der Waals surface area contributed by atoms with Gasteiger partial charge in [0.25, 0.3) is 11.6 Å². The van der Waals surface area contributed by atoms with Gasteiger partial charge in [-0.25, -0.2) is 4.98 Å². The lowest BCUT2D eigenvalue weighted by Gasteiger charge is -2.19. The van der Waals surface area contributed by atoms with Crippen LogP contribution in [0.4, 0.5) is 10.8 Å². The molecule has 0 aliphatic carbocycles. The second-order valence-corrected chi connectivity index (χ2v) is 9.10. The smallest absolute Gasteiger partial charge is 0.280 e. The van der Waals surface area contributed by atoms with Gasteiger partial charge in [0.2, 0.25) is 5.13 Å². The number of nitro benzene ring substituents is 1. The van der Waals surface area contributed by atoms with Crippen LogP contribution in [-0.2, 0) is 0 Å². The van der Waals surface area contributed by atoms with Gasteiger partial charge in [-0.3, -0.25) is 14.9 Å². The summed E-state index contributed by atoms with van der Waals surface area (Å²) >= 11 is 4.77. The molecule has 3 aromatic carbocycles. The number of carbonyl (C=O) groups is 1. The summed E-state index contributed by atoms with van der Waals surface area (Å²) in [7, 11) is 0. The second kappa shape index (κ2) is 9.20. The van der Waals surface area contributed by atoms with Crippen LogP contribution in [0.2, 0.25) is 0 Å². The maximum Gasteiger partial charge on any atom is 0.280 e. The van der Waals surface area contributed by atoms with Crippen molar-refractivity contribution in [3.8, 4) is 11.5 Å². The normalized spacial score (nSPS) is 12.7. The van der Waals surface area contributed by atoms with E-state index in [9.17, 15) is 14.9 Å². The van der Waals surface area contributed by atoms with Crippen molar-refractivity contribution in [1.82, 2.24) is 4.98 Å². The number of benzene rings is 3. The predicted molar refractivity (Wildman–Crippen MR) is 132 cm³/mol. The van der Waals surface area contributed by atoms with Crippen molar-refractivity contribution >= 4 is 60.4 Å². The standard InChI is InChI=1S/C23H15BrN4O5S/c24-16-4-7-18-21(12-16)34-23(26-18)27(25-13-14-1-5-17(6-2-14)28(30)31)22(29)15-3-8-19-20(11-15)33-10-9-32-19/h1-8,11-13H,9-10H2/b25-13+. The topological polar surface area (TPSA) is 107 Å². The van der Waals surface area contributed by atoms with Gasteiger partial charge in [0.1, 0.15) is 13.2 Å². The van der Waals surface area contributed by atoms with Crippen LogP contribution in [0.1, 0.15) is 15.9 Å². The molecule has 5 rings (SSSR count). The molecule has 170 valence electrons. The first-order valence-electron chi connectivity index (χ1n) is 10.1. The zero-order chi connectivity index (χ0) is 23.7. The van der Waals surface area contributed by atoms with Crippen molar-refractivity contribution in [2.24, 2.45) is 5.10 Å². The molecular formula is C23H15BrN4O5S. The number of rotatable bonds is 5. The lowest BCUT2D eigenvalue weighted by molar-refractivity contribution is -0.384. The third-order valence-corrected chi connectivity index (χ3v) is 6.42. The summed E-state index contributed by atoms with van der Waals surface area (Å²) in [5.41, 5.74) is 1.65. The summed E-state index contributed by atoms with van der Waals surface area (Å²) in [6.07, 6.45) is 1.46. The number of thiazole rings is 1. The molecule has 0 saturated heterocycles. The van der Waals surface area contributed by atoms with E-state index in [-0.39, 0.29) is 5.69 Å². The molecule has 1 aromatic heterocycles. The molecular weight excluding hydrogens is 524 g/mol. The van der Waals surface area contributed by atoms with Gasteiger partial charge in [0, 0.05) is 22.2 Å². The van der Waals surface area contributed by atoms with Gasteiger partial charge in [-0.15, -0.1) is 0 Å².